The predicted octanol–water partition coefficient (Wildman–Crippen LogP) is 0.700. The molecule has 0 radical (unpaired) electrons. The molecular formula is C15H17F3N4O4. The van der Waals surface area contributed by atoms with E-state index in [1.54, 1.807) is 5.32 Å². The molecule has 0 atom stereocenters. The highest BCUT2D eigenvalue weighted by molar-refractivity contribution is 5.95. The number of aromatic nitrogens is 3. The maximum Gasteiger partial charge on any atom is 0.471 e. The quantitative estimate of drug-likeness (QED) is 0.852. The van der Waals surface area contributed by atoms with Crippen molar-refractivity contribution in [3.05, 3.63) is 37.1 Å². The predicted molar refractivity (Wildman–Crippen MR) is 88.3 cm³/mol. The van der Waals surface area contributed by atoms with Gasteiger partial charge in [-0.2, -0.15) is 13.2 Å². The lowest BCUT2D eigenvalue weighted by molar-refractivity contribution is -0.167. The second-order valence-electron chi connectivity index (χ2n) is 5.76. The van der Waals surface area contributed by atoms with Crippen LogP contribution in [0.5, 0.6) is 0 Å². The van der Waals surface area contributed by atoms with Gasteiger partial charge in [-0.1, -0.05) is 13.3 Å². The third kappa shape index (κ3) is 3.28. The van der Waals surface area contributed by atoms with Crippen LogP contribution in [0.1, 0.15) is 19.8 Å². The summed E-state index contributed by atoms with van der Waals surface area (Å²) in [6.07, 6.45) is -4.02. The molecule has 11 heteroatoms. The van der Waals surface area contributed by atoms with Crippen molar-refractivity contribution in [2.45, 2.75) is 32.5 Å². The molecule has 2 aromatic heterocycles. The molecule has 142 valence electrons. The zero-order valence-electron chi connectivity index (χ0n) is 14.3. The van der Waals surface area contributed by atoms with Gasteiger partial charge in [0.1, 0.15) is 16.9 Å². The summed E-state index contributed by atoms with van der Waals surface area (Å²) < 4.78 is 40.7. The van der Waals surface area contributed by atoms with E-state index in [1.165, 1.54) is 18.7 Å². The topological polar surface area (TPSA) is 95.1 Å². The highest BCUT2D eigenvalue weighted by Crippen LogP contribution is 2.20. The molecule has 8 nitrogen and oxygen atoms in total. The Labute approximate surface area is 144 Å². The summed E-state index contributed by atoms with van der Waals surface area (Å²) >= 11 is 0. The van der Waals surface area contributed by atoms with Crippen molar-refractivity contribution in [2.24, 2.45) is 14.1 Å². The van der Waals surface area contributed by atoms with Gasteiger partial charge in [0.05, 0.1) is 0 Å². The molecule has 0 aromatic carbocycles. The first-order chi connectivity index (χ1) is 12.0. The first-order valence-electron chi connectivity index (χ1n) is 7.72. The molecule has 26 heavy (non-hydrogen) atoms. The molecule has 0 aliphatic carbocycles. The molecule has 0 aliphatic heterocycles. The zero-order chi connectivity index (χ0) is 19.8. The number of amides is 1. The third-order valence-electron chi connectivity index (χ3n) is 3.93. The Balaban J connectivity index is 2.91. The maximum atomic E-state index is 12.6. The number of fused-ring (bicyclic) bond motifs is 1. The third-order valence-corrected chi connectivity index (χ3v) is 3.93. The van der Waals surface area contributed by atoms with E-state index in [2.05, 4.69) is 0 Å². The molecule has 2 heterocycles. The molecule has 0 bridgehead atoms. The van der Waals surface area contributed by atoms with Gasteiger partial charge in [-0.3, -0.25) is 23.5 Å². The van der Waals surface area contributed by atoms with Crippen molar-refractivity contribution >= 4 is 22.8 Å². The van der Waals surface area contributed by atoms with E-state index in [0.717, 1.165) is 15.2 Å². The van der Waals surface area contributed by atoms with Crippen LogP contribution >= 0.6 is 0 Å². The standard InChI is InChI=1S/C15H17F3N4O4/c1-4-5-6-22-9(19-13(25)15(16,17)18)7-8(23)10-11(22)20(2)14(26)21(3)12(10)24/h7H,4-6H2,1-3H3,(H,19,25). The molecule has 0 aliphatic rings. The van der Waals surface area contributed by atoms with E-state index >= 15 is 0 Å². The average molecular weight is 374 g/mol. The lowest BCUT2D eigenvalue weighted by Gasteiger charge is -2.19. The van der Waals surface area contributed by atoms with Gasteiger partial charge in [-0.05, 0) is 6.42 Å². The van der Waals surface area contributed by atoms with Crippen LogP contribution in [-0.4, -0.2) is 25.8 Å². The summed E-state index contributed by atoms with van der Waals surface area (Å²) in [7, 11) is 2.49. The molecule has 0 unspecified atom stereocenters. The minimum Gasteiger partial charge on any atom is -0.313 e. The number of nitrogens with one attached hydrogen (secondary N) is 1. The van der Waals surface area contributed by atoms with Crippen LogP contribution < -0.4 is 22.0 Å². The summed E-state index contributed by atoms with van der Waals surface area (Å²) in [6, 6.07) is 0.757. The minimum absolute atomic E-state index is 0.0984. The fourth-order valence-electron chi connectivity index (χ4n) is 2.59. The average Bonchev–Trinajstić information content (AvgIpc) is 2.55. The normalized spacial score (nSPS) is 11.8. The van der Waals surface area contributed by atoms with Crippen molar-refractivity contribution in [3.63, 3.8) is 0 Å². The molecule has 0 saturated heterocycles. The summed E-state index contributed by atoms with van der Waals surface area (Å²) in [6.45, 7) is 1.93. The van der Waals surface area contributed by atoms with Crippen LogP contribution in [0.4, 0.5) is 19.0 Å². The smallest absolute Gasteiger partial charge is 0.313 e. The number of carbonyl (C=O) groups is 1. The number of hydrogen-bond acceptors (Lipinski definition) is 4. The SMILES string of the molecule is CCCCn1c(NC(=O)C(F)(F)F)cc(=O)c2c(=O)n(C)c(=O)n(C)c21. The number of carbonyl (C=O) groups excluding carboxylic acids is 1. The number of hydrogen-bond donors (Lipinski definition) is 1. The molecule has 2 rings (SSSR count). The second kappa shape index (κ2) is 6.81. The Bertz CT molecular complexity index is 1050. The van der Waals surface area contributed by atoms with Gasteiger partial charge in [0.15, 0.2) is 5.43 Å². The Hall–Kier alpha value is -2.85. The molecule has 1 amide bonds. The molecular weight excluding hydrogens is 357 g/mol. The van der Waals surface area contributed by atoms with Crippen LogP contribution in [0.25, 0.3) is 11.0 Å². The van der Waals surface area contributed by atoms with Gasteiger partial charge in [-0.15, -0.1) is 0 Å². The highest BCUT2D eigenvalue weighted by Gasteiger charge is 2.39. The van der Waals surface area contributed by atoms with Crippen molar-refractivity contribution in [2.75, 3.05) is 5.32 Å². The Morgan fingerprint density at radius 2 is 1.77 bits per heavy atom. The lowest BCUT2D eigenvalue weighted by Crippen LogP contribution is -2.41. The van der Waals surface area contributed by atoms with Gasteiger partial charge >= 0.3 is 17.8 Å². The number of aryl methyl sites for hydroxylation is 2. The number of rotatable bonds is 4. The Kier molecular flexibility index (Phi) is 5.10. The Morgan fingerprint density at radius 3 is 2.31 bits per heavy atom. The van der Waals surface area contributed by atoms with Crippen LogP contribution in [0.2, 0.25) is 0 Å². The number of anilines is 1. The van der Waals surface area contributed by atoms with Crippen molar-refractivity contribution < 1.29 is 18.0 Å². The van der Waals surface area contributed by atoms with E-state index in [1.807, 2.05) is 6.92 Å². The van der Waals surface area contributed by atoms with Crippen LogP contribution in [0.3, 0.4) is 0 Å². The van der Waals surface area contributed by atoms with Gasteiger partial charge in [0, 0.05) is 26.7 Å². The number of halogens is 3. The van der Waals surface area contributed by atoms with Crippen LogP contribution in [0.15, 0.2) is 20.4 Å². The van der Waals surface area contributed by atoms with E-state index < -0.39 is 34.6 Å². The molecule has 0 spiro atoms. The van der Waals surface area contributed by atoms with Gasteiger partial charge in [0.25, 0.3) is 5.56 Å². The first kappa shape index (κ1) is 19.5. The zero-order valence-corrected chi connectivity index (χ0v) is 14.3. The van der Waals surface area contributed by atoms with E-state index in [0.29, 0.717) is 12.8 Å². The Morgan fingerprint density at radius 1 is 1.15 bits per heavy atom. The fraction of sp³-hybridized carbons (Fsp3) is 0.467. The van der Waals surface area contributed by atoms with Gasteiger partial charge < -0.3 is 9.88 Å². The first-order valence-corrected chi connectivity index (χ1v) is 7.72. The number of nitrogens with zero attached hydrogens (tertiary/aromatic N) is 3. The van der Waals surface area contributed by atoms with Crippen molar-refractivity contribution in [1.29, 1.82) is 0 Å². The van der Waals surface area contributed by atoms with E-state index in [4.69, 9.17) is 0 Å². The molecule has 0 fully saturated rings. The summed E-state index contributed by atoms with van der Waals surface area (Å²) in [5.74, 6) is -2.68. The maximum absolute atomic E-state index is 12.6. The number of pyridine rings is 1. The minimum atomic E-state index is -5.15. The molecule has 1 N–H and O–H groups in total. The van der Waals surface area contributed by atoms with Crippen LogP contribution in [-0.2, 0) is 25.4 Å². The summed E-state index contributed by atoms with van der Waals surface area (Å²) in [4.78, 5) is 48.1. The highest BCUT2D eigenvalue weighted by atomic mass is 19.4. The number of unbranched alkanes of at least 4 members (excludes halogenated alkanes) is 1. The van der Waals surface area contributed by atoms with E-state index in [-0.39, 0.29) is 17.6 Å². The summed E-state index contributed by atoms with van der Waals surface area (Å²) in [5, 5.41) is 1.31. The largest absolute Gasteiger partial charge is 0.471 e. The van der Waals surface area contributed by atoms with E-state index in [9.17, 15) is 32.3 Å². The van der Waals surface area contributed by atoms with Gasteiger partial charge in [0.2, 0.25) is 0 Å². The van der Waals surface area contributed by atoms with Crippen LogP contribution in [0, 0.1) is 0 Å². The molecule has 0 saturated carbocycles. The van der Waals surface area contributed by atoms with Crippen molar-refractivity contribution in [3.8, 4) is 0 Å². The second-order valence-corrected chi connectivity index (χ2v) is 5.76. The summed E-state index contributed by atoms with van der Waals surface area (Å²) in [5.41, 5.74) is -2.63. The van der Waals surface area contributed by atoms with Crippen molar-refractivity contribution in [1.82, 2.24) is 13.7 Å². The molecule has 2 aromatic rings. The monoisotopic (exact) mass is 374 g/mol. The lowest BCUT2D eigenvalue weighted by atomic mass is 10.2. The fourth-order valence-corrected chi connectivity index (χ4v) is 2.59. The number of alkyl halides is 3. The van der Waals surface area contributed by atoms with Gasteiger partial charge in [-0.25, -0.2) is 4.79 Å².